The number of hydrogen-bond donors (Lipinski definition) is 0. The first kappa shape index (κ1) is 17.9. The predicted molar refractivity (Wildman–Crippen MR) is 100 cm³/mol. The molecule has 0 spiro atoms. The van der Waals surface area contributed by atoms with Crippen LogP contribution in [0.25, 0.3) is 0 Å². The molecule has 134 valence electrons. The molecule has 1 atom stereocenters. The highest BCUT2D eigenvalue weighted by Gasteiger charge is 2.24. The Bertz CT molecular complexity index is 791. The summed E-state index contributed by atoms with van der Waals surface area (Å²) in [5.74, 6) is 1.04. The SMILES string of the molecule is CN(Cc1ccc(S(C)(=O)=O)cc1)C1CCCN(c2ccccn2)C1. The third-order valence-corrected chi connectivity index (χ3v) is 5.91. The van der Waals surface area contributed by atoms with E-state index in [-0.39, 0.29) is 0 Å². The van der Waals surface area contributed by atoms with Crippen LogP contribution in [0.15, 0.2) is 53.6 Å². The zero-order valence-electron chi connectivity index (χ0n) is 14.8. The Kier molecular flexibility index (Phi) is 5.39. The number of benzene rings is 1. The molecule has 1 fully saturated rings. The molecule has 0 amide bonds. The first-order chi connectivity index (χ1) is 11.9. The second-order valence-electron chi connectivity index (χ2n) is 6.76. The van der Waals surface area contributed by atoms with Crippen molar-refractivity contribution in [2.75, 3.05) is 31.3 Å². The summed E-state index contributed by atoms with van der Waals surface area (Å²) in [7, 11) is -0.998. The summed E-state index contributed by atoms with van der Waals surface area (Å²) < 4.78 is 23.1. The molecule has 5 nitrogen and oxygen atoms in total. The number of pyridine rings is 1. The molecule has 1 unspecified atom stereocenters. The van der Waals surface area contributed by atoms with Crippen LogP contribution in [0.5, 0.6) is 0 Å². The average molecular weight is 359 g/mol. The highest BCUT2D eigenvalue weighted by molar-refractivity contribution is 7.90. The molecule has 0 aliphatic carbocycles. The number of rotatable bonds is 5. The minimum atomic E-state index is -3.13. The Morgan fingerprint density at radius 1 is 1.20 bits per heavy atom. The lowest BCUT2D eigenvalue weighted by Gasteiger charge is -2.38. The third kappa shape index (κ3) is 4.58. The summed E-state index contributed by atoms with van der Waals surface area (Å²) in [6.07, 6.45) is 5.40. The van der Waals surface area contributed by atoms with Gasteiger partial charge >= 0.3 is 0 Å². The van der Waals surface area contributed by atoms with E-state index in [2.05, 4.69) is 27.9 Å². The van der Waals surface area contributed by atoms with Crippen molar-refractivity contribution >= 4 is 15.7 Å². The van der Waals surface area contributed by atoms with E-state index >= 15 is 0 Å². The molecule has 6 heteroatoms. The molecule has 1 aliphatic rings. The summed E-state index contributed by atoms with van der Waals surface area (Å²) in [5.41, 5.74) is 1.13. The number of sulfone groups is 1. The molecule has 0 N–H and O–H groups in total. The number of nitrogens with zero attached hydrogens (tertiary/aromatic N) is 3. The van der Waals surface area contributed by atoms with Crippen molar-refractivity contribution in [1.29, 1.82) is 0 Å². The van der Waals surface area contributed by atoms with Gasteiger partial charge in [-0.2, -0.15) is 0 Å². The topological polar surface area (TPSA) is 53.5 Å². The molecule has 1 aliphatic heterocycles. The molecule has 1 aromatic carbocycles. The second-order valence-corrected chi connectivity index (χ2v) is 8.78. The lowest BCUT2D eigenvalue weighted by Crippen LogP contribution is -2.46. The number of piperidine rings is 1. The summed E-state index contributed by atoms with van der Waals surface area (Å²) >= 11 is 0. The smallest absolute Gasteiger partial charge is 0.175 e. The van der Waals surface area contributed by atoms with Gasteiger partial charge in [0, 0.05) is 38.1 Å². The Morgan fingerprint density at radius 3 is 2.60 bits per heavy atom. The molecule has 25 heavy (non-hydrogen) atoms. The Hall–Kier alpha value is -1.92. The fourth-order valence-electron chi connectivity index (χ4n) is 3.32. The van der Waals surface area contributed by atoms with Crippen LogP contribution in [0, 0.1) is 0 Å². The van der Waals surface area contributed by atoms with E-state index in [1.54, 1.807) is 12.1 Å². The van der Waals surface area contributed by atoms with Gasteiger partial charge in [-0.3, -0.25) is 4.90 Å². The van der Waals surface area contributed by atoms with Crippen LogP contribution in [0.4, 0.5) is 5.82 Å². The van der Waals surface area contributed by atoms with Crippen LogP contribution in [0.1, 0.15) is 18.4 Å². The fourth-order valence-corrected chi connectivity index (χ4v) is 3.95. The minimum Gasteiger partial charge on any atom is -0.355 e. The van der Waals surface area contributed by atoms with Gasteiger partial charge in [0.15, 0.2) is 9.84 Å². The van der Waals surface area contributed by atoms with Crippen LogP contribution in [-0.4, -0.2) is 50.7 Å². The maximum absolute atomic E-state index is 11.6. The van der Waals surface area contributed by atoms with Crippen molar-refractivity contribution < 1.29 is 8.42 Å². The zero-order valence-corrected chi connectivity index (χ0v) is 15.6. The average Bonchev–Trinajstić information content (AvgIpc) is 2.62. The Balaban J connectivity index is 1.63. The van der Waals surface area contributed by atoms with Gasteiger partial charge in [0.1, 0.15) is 5.82 Å². The van der Waals surface area contributed by atoms with E-state index in [0.29, 0.717) is 10.9 Å². The van der Waals surface area contributed by atoms with E-state index < -0.39 is 9.84 Å². The van der Waals surface area contributed by atoms with Crippen LogP contribution < -0.4 is 4.90 Å². The van der Waals surface area contributed by atoms with Crippen molar-refractivity contribution in [1.82, 2.24) is 9.88 Å². The maximum Gasteiger partial charge on any atom is 0.175 e. The normalized spacial score (nSPS) is 18.5. The Labute approximate surface area is 150 Å². The van der Waals surface area contributed by atoms with E-state index in [4.69, 9.17) is 0 Å². The van der Waals surface area contributed by atoms with Gasteiger partial charge in [0.05, 0.1) is 4.90 Å². The predicted octanol–water partition coefficient (Wildman–Crippen LogP) is 2.59. The highest BCUT2D eigenvalue weighted by Crippen LogP contribution is 2.21. The van der Waals surface area contributed by atoms with Crippen molar-refractivity contribution in [3.63, 3.8) is 0 Å². The quantitative estimate of drug-likeness (QED) is 0.821. The minimum absolute atomic E-state index is 0.373. The maximum atomic E-state index is 11.6. The van der Waals surface area contributed by atoms with Crippen LogP contribution in [0.3, 0.4) is 0 Å². The van der Waals surface area contributed by atoms with Gasteiger partial charge in [-0.25, -0.2) is 13.4 Å². The third-order valence-electron chi connectivity index (χ3n) is 4.78. The molecule has 2 heterocycles. The summed E-state index contributed by atoms with van der Waals surface area (Å²) in [6.45, 7) is 2.82. The summed E-state index contributed by atoms with van der Waals surface area (Å²) in [5, 5.41) is 0. The van der Waals surface area contributed by atoms with Gasteiger partial charge in [-0.05, 0) is 49.7 Å². The summed E-state index contributed by atoms with van der Waals surface area (Å²) in [6, 6.07) is 13.7. The lowest BCUT2D eigenvalue weighted by atomic mass is 10.0. The molecule has 1 aromatic heterocycles. The molecule has 2 aromatic rings. The highest BCUT2D eigenvalue weighted by atomic mass is 32.2. The van der Waals surface area contributed by atoms with Crippen LogP contribution >= 0.6 is 0 Å². The second kappa shape index (κ2) is 7.54. The molecule has 0 saturated carbocycles. The van der Waals surface area contributed by atoms with Gasteiger partial charge in [-0.15, -0.1) is 0 Å². The number of hydrogen-bond acceptors (Lipinski definition) is 5. The van der Waals surface area contributed by atoms with E-state index in [1.807, 2.05) is 30.5 Å². The van der Waals surface area contributed by atoms with Gasteiger partial charge < -0.3 is 4.90 Å². The lowest BCUT2D eigenvalue weighted by molar-refractivity contribution is 0.207. The summed E-state index contributed by atoms with van der Waals surface area (Å²) in [4.78, 5) is 9.53. The first-order valence-corrected chi connectivity index (χ1v) is 10.5. The number of anilines is 1. The standard InChI is InChI=1S/C19H25N3O2S/c1-21(14-16-8-10-18(11-9-16)25(2,23)24)17-6-5-13-22(15-17)19-7-3-4-12-20-19/h3-4,7-12,17H,5-6,13-15H2,1-2H3. The monoisotopic (exact) mass is 359 g/mol. The zero-order chi connectivity index (χ0) is 17.9. The van der Waals surface area contributed by atoms with Gasteiger partial charge in [0.2, 0.25) is 0 Å². The molecule has 3 rings (SSSR count). The van der Waals surface area contributed by atoms with Crippen molar-refractivity contribution in [2.45, 2.75) is 30.3 Å². The van der Waals surface area contributed by atoms with Crippen molar-refractivity contribution in [2.24, 2.45) is 0 Å². The molecular weight excluding hydrogens is 334 g/mol. The molecule has 0 bridgehead atoms. The molecule has 0 radical (unpaired) electrons. The molecular formula is C19H25N3O2S. The number of likely N-dealkylation sites (N-methyl/N-ethyl adjacent to an activating group) is 1. The van der Waals surface area contributed by atoms with Gasteiger partial charge in [-0.1, -0.05) is 18.2 Å². The van der Waals surface area contributed by atoms with E-state index in [1.165, 1.54) is 12.7 Å². The molecule has 1 saturated heterocycles. The van der Waals surface area contributed by atoms with Crippen LogP contribution in [0.2, 0.25) is 0 Å². The van der Waals surface area contributed by atoms with E-state index in [0.717, 1.165) is 37.4 Å². The van der Waals surface area contributed by atoms with Crippen molar-refractivity contribution in [3.05, 3.63) is 54.2 Å². The van der Waals surface area contributed by atoms with Gasteiger partial charge in [0.25, 0.3) is 0 Å². The van der Waals surface area contributed by atoms with Crippen LogP contribution in [-0.2, 0) is 16.4 Å². The fraction of sp³-hybridized carbons (Fsp3) is 0.421. The van der Waals surface area contributed by atoms with Crippen molar-refractivity contribution in [3.8, 4) is 0 Å². The van der Waals surface area contributed by atoms with E-state index in [9.17, 15) is 8.42 Å². The number of aromatic nitrogens is 1. The largest absolute Gasteiger partial charge is 0.355 e. The Morgan fingerprint density at radius 2 is 1.96 bits per heavy atom. The first-order valence-electron chi connectivity index (χ1n) is 8.59.